The normalized spacial score (nSPS) is 11.6. The highest BCUT2D eigenvalue weighted by Crippen LogP contribution is 2.19. The minimum atomic E-state index is -0.0223. The predicted octanol–water partition coefficient (Wildman–Crippen LogP) is 3.56. The molecule has 4 heteroatoms. The van der Waals surface area contributed by atoms with Crippen LogP contribution in [0, 0.1) is 0 Å². The van der Waals surface area contributed by atoms with E-state index < -0.39 is 0 Å². The molecule has 0 radical (unpaired) electrons. The second kappa shape index (κ2) is 8.83. The van der Waals surface area contributed by atoms with E-state index in [0.29, 0.717) is 19.4 Å². The molecular formula is C19H23NO3. The molecule has 4 nitrogen and oxygen atoms in total. The third kappa shape index (κ3) is 6.02. The Kier molecular flexibility index (Phi) is 6.48. The summed E-state index contributed by atoms with van der Waals surface area (Å²) in [6.45, 7) is 2.53. The molecule has 2 aromatic carbocycles. The first-order valence-corrected chi connectivity index (χ1v) is 7.78. The first-order chi connectivity index (χ1) is 11.2. The molecule has 23 heavy (non-hydrogen) atoms. The third-order valence-electron chi connectivity index (χ3n) is 3.51. The van der Waals surface area contributed by atoms with Crippen LogP contribution < -0.4 is 14.8 Å². The van der Waals surface area contributed by atoms with Gasteiger partial charge in [-0.15, -0.1) is 0 Å². The molecule has 122 valence electrons. The van der Waals surface area contributed by atoms with E-state index in [-0.39, 0.29) is 12.0 Å². The van der Waals surface area contributed by atoms with Gasteiger partial charge in [0.05, 0.1) is 13.2 Å². The van der Waals surface area contributed by atoms with E-state index in [1.54, 1.807) is 7.11 Å². The molecule has 0 saturated carbocycles. The van der Waals surface area contributed by atoms with Crippen LogP contribution in [0.3, 0.4) is 0 Å². The van der Waals surface area contributed by atoms with E-state index in [4.69, 9.17) is 9.47 Å². The molecule has 1 amide bonds. The number of methoxy groups -OCH3 is 1. The van der Waals surface area contributed by atoms with Crippen LogP contribution in [0.1, 0.15) is 25.3 Å². The van der Waals surface area contributed by atoms with Crippen LogP contribution in [0.25, 0.3) is 0 Å². The van der Waals surface area contributed by atoms with Crippen molar-refractivity contribution >= 4 is 5.91 Å². The summed E-state index contributed by atoms with van der Waals surface area (Å²) in [6.07, 6.45) is 1.10. The van der Waals surface area contributed by atoms with Crippen molar-refractivity contribution in [2.24, 2.45) is 0 Å². The molecule has 0 aliphatic carbocycles. The Morgan fingerprint density at radius 1 is 1.04 bits per heavy atom. The molecule has 2 aromatic rings. The number of hydrogen-bond acceptors (Lipinski definition) is 3. The molecule has 2 rings (SSSR count). The molecule has 0 fully saturated rings. The monoisotopic (exact) mass is 313 g/mol. The Bertz CT molecular complexity index is 596. The SMILES string of the molecule is COc1ccc(OC(C)CCC(=O)NCc2ccccc2)cc1. The zero-order valence-corrected chi connectivity index (χ0v) is 13.6. The average Bonchev–Trinajstić information content (AvgIpc) is 2.60. The fraction of sp³-hybridized carbons (Fsp3) is 0.316. The van der Waals surface area contributed by atoms with E-state index in [1.165, 1.54) is 0 Å². The van der Waals surface area contributed by atoms with Crippen LogP contribution in [-0.2, 0) is 11.3 Å². The number of carbonyl (C=O) groups is 1. The number of ether oxygens (including phenoxy) is 2. The molecule has 0 aliphatic heterocycles. The van der Waals surface area contributed by atoms with Crippen molar-refractivity contribution in [2.75, 3.05) is 7.11 Å². The molecule has 0 spiro atoms. The van der Waals surface area contributed by atoms with Gasteiger partial charge in [0, 0.05) is 13.0 Å². The lowest BCUT2D eigenvalue weighted by Gasteiger charge is -2.15. The van der Waals surface area contributed by atoms with Gasteiger partial charge in [0.15, 0.2) is 0 Å². The Morgan fingerprint density at radius 3 is 2.35 bits per heavy atom. The minimum absolute atomic E-state index is 0.0223. The zero-order valence-electron chi connectivity index (χ0n) is 13.6. The number of benzene rings is 2. The molecule has 1 N–H and O–H groups in total. The van der Waals surface area contributed by atoms with Crippen molar-refractivity contribution in [3.63, 3.8) is 0 Å². The number of carbonyl (C=O) groups excluding carboxylic acids is 1. The topological polar surface area (TPSA) is 47.6 Å². The van der Waals surface area contributed by atoms with Crippen molar-refractivity contribution in [2.45, 2.75) is 32.4 Å². The number of rotatable bonds is 8. The van der Waals surface area contributed by atoms with E-state index in [9.17, 15) is 4.79 Å². The quantitative estimate of drug-likeness (QED) is 0.810. The number of hydrogen-bond donors (Lipinski definition) is 1. The van der Waals surface area contributed by atoms with Crippen molar-refractivity contribution in [1.82, 2.24) is 5.32 Å². The fourth-order valence-corrected chi connectivity index (χ4v) is 2.16. The van der Waals surface area contributed by atoms with Crippen molar-refractivity contribution in [3.8, 4) is 11.5 Å². The summed E-state index contributed by atoms with van der Waals surface area (Å²) >= 11 is 0. The van der Waals surface area contributed by atoms with Crippen LogP contribution in [0.4, 0.5) is 0 Å². The molecule has 1 atom stereocenters. The average molecular weight is 313 g/mol. The smallest absolute Gasteiger partial charge is 0.220 e. The van der Waals surface area contributed by atoms with Gasteiger partial charge in [-0.05, 0) is 43.2 Å². The van der Waals surface area contributed by atoms with Gasteiger partial charge in [0.2, 0.25) is 5.91 Å². The lowest BCUT2D eigenvalue weighted by Crippen LogP contribution is -2.24. The lowest BCUT2D eigenvalue weighted by atomic mass is 10.2. The van der Waals surface area contributed by atoms with Gasteiger partial charge >= 0.3 is 0 Å². The van der Waals surface area contributed by atoms with Gasteiger partial charge in [-0.1, -0.05) is 30.3 Å². The molecule has 0 saturated heterocycles. The Morgan fingerprint density at radius 2 is 1.70 bits per heavy atom. The third-order valence-corrected chi connectivity index (χ3v) is 3.51. The zero-order chi connectivity index (χ0) is 16.5. The largest absolute Gasteiger partial charge is 0.497 e. The standard InChI is InChI=1S/C19H23NO3/c1-15(23-18-11-9-17(22-2)10-12-18)8-13-19(21)20-14-16-6-4-3-5-7-16/h3-7,9-12,15H,8,13-14H2,1-2H3,(H,20,21). The summed E-state index contributed by atoms with van der Waals surface area (Å²) in [5.74, 6) is 1.62. The second-order valence-electron chi connectivity index (χ2n) is 5.41. The maximum absolute atomic E-state index is 11.9. The number of nitrogens with one attached hydrogen (secondary N) is 1. The maximum Gasteiger partial charge on any atom is 0.220 e. The minimum Gasteiger partial charge on any atom is -0.497 e. The molecule has 1 unspecified atom stereocenters. The highest BCUT2D eigenvalue weighted by Gasteiger charge is 2.08. The molecule has 0 aromatic heterocycles. The van der Waals surface area contributed by atoms with Gasteiger partial charge in [-0.2, -0.15) is 0 Å². The Hall–Kier alpha value is -2.49. The van der Waals surface area contributed by atoms with Gasteiger partial charge in [-0.3, -0.25) is 4.79 Å². The number of amides is 1. The summed E-state index contributed by atoms with van der Waals surface area (Å²) in [5, 5.41) is 2.92. The predicted molar refractivity (Wildman–Crippen MR) is 90.6 cm³/mol. The Labute approximate surface area is 137 Å². The summed E-state index contributed by atoms with van der Waals surface area (Å²) in [5.41, 5.74) is 1.10. The van der Waals surface area contributed by atoms with Crippen LogP contribution in [0.15, 0.2) is 54.6 Å². The highest BCUT2D eigenvalue weighted by molar-refractivity contribution is 5.75. The van der Waals surface area contributed by atoms with Crippen molar-refractivity contribution in [3.05, 3.63) is 60.2 Å². The van der Waals surface area contributed by atoms with Gasteiger partial charge < -0.3 is 14.8 Å². The highest BCUT2D eigenvalue weighted by atomic mass is 16.5. The van der Waals surface area contributed by atoms with Crippen LogP contribution in [0.5, 0.6) is 11.5 Å². The fourth-order valence-electron chi connectivity index (χ4n) is 2.16. The summed E-state index contributed by atoms with van der Waals surface area (Å²) < 4.78 is 10.9. The lowest BCUT2D eigenvalue weighted by molar-refractivity contribution is -0.121. The first-order valence-electron chi connectivity index (χ1n) is 7.78. The van der Waals surface area contributed by atoms with Gasteiger partial charge in [0.1, 0.15) is 11.5 Å². The van der Waals surface area contributed by atoms with Crippen molar-refractivity contribution < 1.29 is 14.3 Å². The van der Waals surface area contributed by atoms with Crippen LogP contribution >= 0.6 is 0 Å². The first kappa shape index (κ1) is 16.9. The van der Waals surface area contributed by atoms with Gasteiger partial charge in [0.25, 0.3) is 0 Å². The Balaban J connectivity index is 1.68. The van der Waals surface area contributed by atoms with Crippen LogP contribution in [-0.4, -0.2) is 19.1 Å². The van der Waals surface area contributed by atoms with E-state index in [2.05, 4.69) is 5.32 Å². The maximum atomic E-state index is 11.9. The van der Waals surface area contributed by atoms with E-state index >= 15 is 0 Å². The second-order valence-corrected chi connectivity index (χ2v) is 5.41. The molecule has 0 aliphatic rings. The van der Waals surface area contributed by atoms with Crippen LogP contribution in [0.2, 0.25) is 0 Å². The van der Waals surface area contributed by atoms with E-state index in [0.717, 1.165) is 17.1 Å². The molecular weight excluding hydrogens is 290 g/mol. The van der Waals surface area contributed by atoms with Crippen molar-refractivity contribution in [1.29, 1.82) is 0 Å². The molecule has 0 heterocycles. The van der Waals surface area contributed by atoms with E-state index in [1.807, 2.05) is 61.5 Å². The summed E-state index contributed by atoms with van der Waals surface area (Å²) in [4.78, 5) is 11.9. The van der Waals surface area contributed by atoms with Gasteiger partial charge in [-0.25, -0.2) is 0 Å². The summed E-state index contributed by atoms with van der Waals surface area (Å²) in [7, 11) is 1.63. The molecule has 0 bridgehead atoms. The summed E-state index contributed by atoms with van der Waals surface area (Å²) in [6, 6.07) is 17.3.